The van der Waals surface area contributed by atoms with Crippen LogP contribution in [0.3, 0.4) is 0 Å². The molecule has 0 aliphatic carbocycles. The Morgan fingerprint density at radius 3 is 2.66 bits per heavy atom. The number of nitrogens with one attached hydrogen (secondary N) is 2. The molecule has 4 rings (SSSR count). The highest BCUT2D eigenvalue weighted by Crippen LogP contribution is 2.38. The van der Waals surface area contributed by atoms with Crippen LogP contribution in [-0.2, 0) is 4.79 Å². The van der Waals surface area contributed by atoms with Gasteiger partial charge in [-0.3, -0.25) is 4.79 Å². The lowest BCUT2D eigenvalue weighted by molar-refractivity contribution is -0.111. The van der Waals surface area contributed by atoms with Crippen LogP contribution in [0.4, 0.5) is 23.0 Å². The number of nitrogens with zero attached hydrogens (tertiary/aromatic N) is 5. The van der Waals surface area contributed by atoms with Crippen LogP contribution in [0.5, 0.6) is 5.75 Å². The van der Waals surface area contributed by atoms with Crippen molar-refractivity contribution in [3.63, 3.8) is 0 Å². The highest BCUT2D eigenvalue weighted by molar-refractivity contribution is 6.06. The van der Waals surface area contributed by atoms with Gasteiger partial charge in [-0.15, -0.1) is 0 Å². The second-order valence-corrected chi connectivity index (χ2v) is 9.01. The number of hydrogen-bond acceptors (Lipinski definition) is 7. The number of methoxy groups -OCH3 is 1. The summed E-state index contributed by atoms with van der Waals surface area (Å²) in [5, 5.41) is 7.34. The molecule has 0 saturated carbocycles. The summed E-state index contributed by atoms with van der Waals surface area (Å²) in [5.41, 5.74) is 3.09. The quantitative estimate of drug-likeness (QED) is 0.320. The third-order valence-corrected chi connectivity index (χ3v) is 5.97. The van der Waals surface area contributed by atoms with E-state index in [2.05, 4.69) is 55.5 Å². The number of carbonyl (C=O) groups excluding carboxylic acids is 1. The van der Waals surface area contributed by atoms with Crippen molar-refractivity contribution in [2.75, 3.05) is 56.9 Å². The minimum Gasteiger partial charge on any atom is -0.494 e. The Labute approximate surface area is 223 Å². The Balaban J connectivity index is 1.69. The first-order valence-electron chi connectivity index (χ1n) is 12.4. The van der Waals surface area contributed by atoms with Gasteiger partial charge in [0.05, 0.1) is 29.7 Å². The van der Waals surface area contributed by atoms with Gasteiger partial charge in [-0.2, -0.15) is 4.98 Å². The van der Waals surface area contributed by atoms with Crippen LogP contribution in [0.2, 0.25) is 0 Å². The van der Waals surface area contributed by atoms with E-state index >= 15 is 0 Å². The number of para-hydroxylation sites is 1. The van der Waals surface area contributed by atoms with Crippen LogP contribution in [0.1, 0.15) is 13.3 Å². The van der Waals surface area contributed by atoms with Crippen LogP contribution in [0.25, 0.3) is 16.7 Å². The van der Waals surface area contributed by atoms with Crippen LogP contribution in [-0.4, -0.2) is 66.7 Å². The fourth-order valence-corrected chi connectivity index (χ4v) is 3.99. The molecule has 9 nitrogen and oxygen atoms in total. The molecule has 2 aromatic carbocycles. The van der Waals surface area contributed by atoms with Crippen molar-refractivity contribution in [3.05, 3.63) is 60.9 Å². The molecule has 0 saturated heterocycles. The summed E-state index contributed by atoms with van der Waals surface area (Å²) < 4.78 is 7.73. The van der Waals surface area contributed by atoms with Crippen LogP contribution in [0, 0.1) is 11.8 Å². The van der Waals surface area contributed by atoms with Gasteiger partial charge in [0, 0.05) is 45.0 Å². The van der Waals surface area contributed by atoms with Crippen molar-refractivity contribution in [1.29, 1.82) is 0 Å². The molecule has 9 heteroatoms. The number of aromatic nitrogens is 3. The van der Waals surface area contributed by atoms with Crippen molar-refractivity contribution < 1.29 is 9.53 Å². The minimum atomic E-state index is -0.372. The van der Waals surface area contributed by atoms with Gasteiger partial charge in [-0.25, -0.2) is 4.98 Å². The zero-order valence-electron chi connectivity index (χ0n) is 22.4. The summed E-state index contributed by atoms with van der Waals surface area (Å²) >= 11 is 0. The molecule has 0 aliphatic heterocycles. The number of amides is 1. The number of hydrogen-bond donors (Lipinski definition) is 2. The third-order valence-electron chi connectivity index (χ3n) is 5.97. The maximum Gasteiger partial charge on any atom is 0.300 e. The maximum absolute atomic E-state index is 12.5. The standard InChI is InChI=1S/C29H33N7O2/c1-6-7-12-28(37)31-22-19-23(26(38-5)20-25(22)35(4)18-17-34(2)3)32-29-30-15-13-27(33-29)36-16-14-21-10-8-9-11-24(21)36/h8-11,13-16,19-20H,6,17-18H2,1-5H3,(H,31,37)(H,30,32,33). The molecule has 1 amide bonds. The van der Waals surface area contributed by atoms with Gasteiger partial charge in [-0.1, -0.05) is 31.0 Å². The molecule has 2 N–H and O–H groups in total. The first-order valence-corrected chi connectivity index (χ1v) is 12.4. The van der Waals surface area contributed by atoms with Crippen molar-refractivity contribution >= 4 is 39.8 Å². The summed E-state index contributed by atoms with van der Waals surface area (Å²) in [6.45, 7) is 3.50. The van der Waals surface area contributed by atoms with E-state index in [0.29, 0.717) is 29.5 Å². The average molecular weight is 512 g/mol. The Kier molecular flexibility index (Phi) is 8.46. The number of likely N-dealkylation sites (N-methyl/N-ethyl adjacent to an activating group) is 2. The molecule has 0 atom stereocenters. The van der Waals surface area contributed by atoms with Gasteiger partial charge < -0.3 is 29.7 Å². The highest BCUT2D eigenvalue weighted by atomic mass is 16.5. The third kappa shape index (κ3) is 6.22. The Bertz CT molecular complexity index is 1480. The van der Waals surface area contributed by atoms with E-state index in [1.807, 2.05) is 69.2 Å². The molecular weight excluding hydrogens is 478 g/mol. The van der Waals surface area contributed by atoms with Gasteiger partial charge in [0.15, 0.2) is 0 Å². The molecule has 0 bridgehead atoms. The molecular formula is C29H33N7O2. The van der Waals surface area contributed by atoms with Gasteiger partial charge in [0.1, 0.15) is 11.6 Å². The Morgan fingerprint density at radius 1 is 1.08 bits per heavy atom. The number of ether oxygens (including phenoxy) is 1. The second kappa shape index (κ2) is 12.1. The minimum absolute atomic E-state index is 0.372. The SMILES string of the molecule is CCC#CC(=O)Nc1cc(Nc2nccc(-n3ccc4ccccc43)n2)c(OC)cc1N(C)CCN(C)C. The molecule has 38 heavy (non-hydrogen) atoms. The number of anilines is 4. The van der Waals surface area contributed by atoms with E-state index < -0.39 is 0 Å². The molecule has 0 spiro atoms. The van der Waals surface area contributed by atoms with Crippen molar-refractivity contribution in [2.24, 2.45) is 0 Å². The number of benzene rings is 2. The van der Waals surface area contributed by atoms with Gasteiger partial charge >= 0.3 is 0 Å². The van der Waals surface area contributed by atoms with E-state index in [-0.39, 0.29) is 5.91 Å². The zero-order chi connectivity index (χ0) is 27.1. The van der Waals surface area contributed by atoms with Gasteiger partial charge in [0.2, 0.25) is 5.95 Å². The Morgan fingerprint density at radius 2 is 1.89 bits per heavy atom. The predicted molar refractivity (Wildman–Crippen MR) is 154 cm³/mol. The van der Waals surface area contributed by atoms with Crippen LogP contribution in [0.15, 0.2) is 60.9 Å². The summed E-state index contributed by atoms with van der Waals surface area (Å²) in [7, 11) is 7.63. The fraction of sp³-hybridized carbons (Fsp3) is 0.276. The van der Waals surface area contributed by atoms with E-state index in [1.54, 1.807) is 13.3 Å². The molecule has 2 heterocycles. The van der Waals surface area contributed by atoms with Crippen molar-refractivity contribution in [3.8, 4) is 23.4 Å². The average Bonchev–Trinajstić information content (AvgIpc) is 3.35. The van der Waals surface area contributed by atoms with E-state index in [4.69, 9.17) is 9.72 Å². The Hall–Kier alpha value is -4.55. The smallest absolute Gasteiger partial charge is 0.300 e. The summed E-state index contributed by atoms with van der Waals surface area (Å²) in [4.78, 5) is 25.9. The predicted octanol–water partition coefficient (Wildman–Crippen LogP) is 4.52. The van der Waals surface area contributed by atoms with Crippen molar-refractivity contribution in [2.45, 2.75) is 13.3 Å². The number of carbonyl (C=O) groups is 1. The zero-order valence-corrected chi connectivity index (χ0v) is 22.4. The topological polar surface area (TPSA) is 87.5 Å². The van der Waals surface area contributed by atoms with E-state index in [9.17, 15) is 4.79 Å². The van der Waals surface area contributed by atoms with Crippen LogP contribution < -0.4 is 20.3 Å². The maximum atomic E-state index is 12.5. The van der Waals surface area contributed by atoms with E-state index in [0.717, 1.165) is 35.5 Å². The molecule has 196 valence electrons. The lowest BCUT2D eigenvalue weighted by Crippen LogP contribution is -2.29. The van der Waals surface area contributed by atoms with Crippen molar-refractivity contribution in [1.82, 2.24) is 19.4 Å². The highest BCUT2D eigenvalue weighted by Gasteiger charge is 2.17. The van der Waals surface area contributed by atoms with Gasteiger partial charge in [-0.05, 0) is 49.7 Å². The molecule has 2 aromatic heterocycles. The fourth-order valence-electron chi connectivity index (χ4n) is 3.99. The molecule has 0 radical (unpaired) electrons. The van der Waals surface area contributed by atoms with E-state index in [1.165, 1.54) is 0 Å². The normalized spacial score (nSPS) is 10.7. The number of fused-ring (bicyclic) bond motifs is 1. The van der Waals surface area contributed by atoms with Crippen LogP contribution >= 0.6 is 0 Å². The first kappa shape index (κ1) is 26.5. The molecule has 0 fully saturated rings. The second-order valence-electron chi connectivity index (χ2n) is 9.01. The first-order chi connectivity index (χ1) is 18.4. The summed E-state index contributed by atoms with van der Waals surface area (Å²) in [6.07, 6.45) is 4.29. The lowest BCUT2D eigenvalue weighted by Gasteiger charge is -2.25. The summed E-state index contributed by atoms with van der Waals surface area (Å²) in [6, 6.07) is 15.8. The molecule has 0 aliphatic rings. The molecule has 4 aromatic rings. The largest absolute Gasteiger partial charge is 0.494 e. The van der Waals surface area contributed by atoms with Gasteiger partial charge in [0.25, 0.3) is 5.91 Å². The lowest BCUT2D eigenvalue weighted by atomic mass is 10.2. The molecule has 0 unspecified atom stereocenters. The summed E-state index contributed by atoms with van der Waals surface area (Å²) in [5.74, 6) is 6.79. The monoisotopic (exact) mass is 511 g/mol. The number of rotatable bonds is 9.